The number of rotatable bonds is 6. The molecule has 1 aromatic rings. The SMILES string of the molecule is CSCC(C)(O)CNC(=O)C1(c2cccc(Cl)c2)CC1. The van der Waals surface area contributed by atoms with Crippen LogP contribution in [0.4, 0.5) is 0 Å². The topological polar surface area (TPSA) is 49.3 Å². The number of hydrogen-bond donors (Lipinski definition) is 2. The van der Waals surface area contributed by atoms with E-state index in [1.165, 1.54) is 0 Å². The van der Waals surface area contributed by atoms with Gasteiger partial charge in [-0.15, -0.1) is 0 Å². The quantitative estimate of drug-likeness (QED) is 0.849. The van der Waals surface area contributed by atoms with Gasteiger partial charge in [0.15, 0.2) is 0 Å². The summed E-state index contributed by atoms with van der Waals surface area (Å²) in [5.74, 6) is 0.582. The molecule has 1 aromatic carbocycles. The molecule has 2 rings (SSSR count). The summed E-state index contributed by atoms with van der Waals surface area (Å²) >= 11 is 7.56. The van der Waals surface area contributed by atoms with Crippen molar-refractivity contribution >= 4 is 29.3 Å². The predicted molar refractivity (Wildman–Crippen MR) is 84.4 cm³/mol. The first kappa shape index (κ1) is 15.7. The van der Waals surface area contributed by atoms with Gasteiger partial charge in [0.05, 0.1) is 11.0 Å². The summed E-state index contributed by atoms with van der Waals surface area (Å²) < 4.78 is 0. The van der Waals surface area contributed by atoms with Gasteiger partial charge in [0, 0.05) is 17.3 Å². The maximum Gasteiger partial charge on any atom is 0.230 e. The monoisotopic (exact) mass is 313 g/mol. The van der Waals surface area contributed by atoms with Gasteiger partial charge in [-0.2, -0.15) is 11.8 Å². The average molecular weight is 314 g/mol. The van der Waals surface area contributed by atoms with Crippen molar-refractivity contribution in [1.29, 1.82) is 0 Å². The zero-order valence-electron chi connectivity index (χ0n) is 11.8. The minimum atomic E-state index is -0.876. The van der Waals surface area contributed by atoms with Gasteiger partial charge < -0.3 is 10.4 Å². The van der Waals surface area contributed by atoms with E-state index >= 15 is 0 Å². The molecular weight excluding hydrogens is 294 g/mol. The summed E-state index contributed by atoms with van der Waals surface area (Å²) in [6, 6.07) is 7.48. The molecule has 110 valence electrons. The largest absolute Gasteiger partial charge is 0.387 e. The Morgan fingerprint density at radius 2 is 2.25 bits per heavy atom. The van der Waals surface area contributed by atoms with E-state index in [9.17, 15) is 9.90 Å². The van der Waals surface area contributed by atoms with Gasteiger partial charge in [-0.25, -0.2) is 0 Å². The lowest BCUT2D eigenvalue weighted by molar-refractivity contribution is -0.124. The summed E-state index contributed by atoms with van der Waals surface area (Å²) in [5, 5.41) is 13.6. The van der Waals surface area contributed by atoms with E-state index in [2.05, 4.69) is 5.32 Å². The Morgan fingerprint density at radius 1 is 1.55 bits per heavy atom. The molecule has 1 unspecified atom stereocenters. The summed E-state index contributed by atoms with van der Waals surface area (Å²) in [5.41, 5.74) is -0.355. The Labute approximate surface area is 129 Å². The summed E-state index contributed by atoms with van der Waals surface area (Å²) in [4.78, 5) is 12.4. The molecule has 0 radical (unpaired) electrons. The van der Waals surface area contributed by atoms with Crippen LogP contribution in [0, 0.1) is 0 Å². The van der Waals surface area contributed by atoms with Crippen molar-refractivity contribution in [3.63, 3.8) is 0 Å². The number of thioether (sulfide) groups is 1. The van der Waals surface area contributed by atoms with Crippen LogP contribution < -0.4 is 5.32 Å². The number of halogens is 1. The normalized spacial score (nSPS) is 19.2. The molecule has 1 aliphatic carbocycles. The van der Waals surface area contributed by atoms with Gasteiger partial charge in [-0.1, -0.05) is 23.7 Å². The maximum absolute atomic E-state index is 12.4. The van der Waals surface area contributed by atoms with Crippen molar-refractivity contribution in [2.24, 2.45) is 0 Å². The van der Waals surface area contributed by atoms with Crippen molar-refractivity contribution < 1.29 is 9.90 Å². The van der Waals surface area contributed by atoms with E-state index in [0.717, 1.165) is 18.4 Å². The zero-order chi connectivity index (χ0) is 14.8. The van der Waals surface area contributed by atoms with Gasteiger partial charge in [-0.3, -0.25) is 4.79 Å². The fraction of sp³-hybridized carbons (Fsp3) is 0.533. The summed E-state index contributed by atoms with van der Waals surface area (Å²) in [6.45, 7) is 2.01. The zero-order valence-corrected chi connectivity index (χ0v) is 13.4. The van der Waals surface area contributed by atoms with Crippen molar-refractivity contribution in [3.05, 3.63) is 34.9 Å². The molecule has 20 heavy (non-hydrogen) atoms. The number of carbonyl (C=O) groups excluding carboxylic acids is 1. The van der Waals surface area contributed by atoms with Gasteiger partial charge in [0.2, 0.25) is 5.91 Å². The molecule has 0 aromatic heterocycles. The minimum Gasteiger partial charge on any atom is -0.387 e. The minimum absolute atomic E-state index is 0.0128. The predicted octanol–water partition coefficient (Wildman–Crippen LogP) is 2.60. The van der Waals surface area contributed by atoms with Crippen LogP contribution in [0.15, 0.2) is 24.3 Å². The Balaban J connectivity index is 2.02. The number of carbonyl (C=O) groups is 1. The van der Waals surface area contributed by atoms with Gasteiger partial charge >= 0.3 is 0 Å². The smallest absolute Gasteiger partial charge is 0.230 e. The molecule has 0 heterocycles. The lowest BCUT2D eigenvalue weighted by Crippen LogP contribution is -2.45. The van der Waals surface area contributed by atoms with E-state index in [4.69, 9.17) is 11.6 Å². The molecule has 1 atom stereocenters. The third kappa shape index (κ3) is 3.48. The first-order chi connectivity index (χ1) is 9.39. The fourth-order valence-corrected chi connectivity index (χ4v) is 3.27. The second-order valence-corrected chi connectivity index (χ2v) is 7.01. The van der Waals surface area contributed by atoms with Crippen molar-refractivity contribution in [1.82, 2.24) is 5.32 Å². The first-order valence-electron chi connectivity index (χ1n) is 6.65. The molecule has 1 saturated carbocycles. The second kappa shape index (κ2) is 5.96. The summed E-state index contributed by atoms with van der Waals surface area (Å²) in [6.07, 6.45) is 3.61. The van der Waals surface area contributed by atoms with E-state index in [1.807, 2.05) is 30.5 Å². The van der Waals surface area contributed by atoms with Crippen LogP contribution in [-0.4, -0.2) is 35.2 Å². The Hall–Kier alpha value is -0.710. The van der Waals surface area contributed by atoms with E-state index in [-0.39, 0.29) is 12.5 Å². The molecule has 0 saturated heterocycles. The number of amides is 1. The van der Waals surface area contributed by atoms with Crippen LogP contribution in [0.2, 0.25) is 5.02 Å². The lowest BCUT2D eigenvalue weighted by Gasteiger charge is -2.24. The number of benzene rings is 1. The third-order valence-electron chi connectivity index (χ3n) is 3.65. The van der Waals surface area contributed by atoms with Crippen LogP contribution in [-0.2, 0) is 10.2 Å². The van der Waals surface area contributed by atoms with Gasteiger partial charge in [0.1, 0.15) is 0 Å². The number of hydrogen-bond acceptors (Lipinski definition) is 3. The molecule has 0 spiro atoms. The molecule has 3 nitrogen and oxygen atoms in total. The molecule has 0 aliphatic heterocycles. The standard InChI is InChI=1S/C15H20ClNO2S/c1-14(19,10-20-2)9-17-13(18)15(6-7-15)11-4-3-5-12(16)8-11/h3-5,8,19H,6-7,9-10H2,1-2H3,(H,17,18). The Kier molecular flexibility index (Phi) is 4.67. The highest BCUT2D eigenvalue weighted by Gasteiger charge is 2.51. The molecule has 0 bridgehead atoms. The fourth-order valence-electron chi connectivity index (χ4n) is 2.36. The molecular formula is C15H20ClNO2S. The van der Waals surface area contributed by atoms with Crippen LogP contribution >= 0.6 is 23.4 Å². The molecule has 1 fully saturated rings. The number of aliphatic hydroxyl groups is 1. The van der Waals surface area contributed by atoms with E-state index < -0.39 is 11.0 Å². The Bertz CT molecular complexity index is 500. The number of nitrogens with one attached hydrogen (secondary N) is 1. The first-order valence-corrected chi connectivity index (χ1v) is 8.42. The van der Waals surface area contributed by atoms with Crippen molar-refractivity contribution in [2.75, 3.05) is 18.6 Å². The van der Waals surface area contributed by atoms with Crippen LogP contribution in [0.3, 0.4) is 0 Å². The average Bonchev–Trinajstić information content (AvgIpc) is 3.17. The van der Waals surface area contributed by atoms with Crippen LogP contribution in [0.1, 0.15) is 25.3 Å². The van der Waals surface area contributed by atoms with Crippen molar-refractivity contribution in [3.8, 4) is 0 Å². The van der Waals surface area contributed by atoms with Crippen LogP contribution in [0.25, 0.3) is 0 Å². The highest BCUT2D eigenvalue weighted by molar-refractivity contribution is 7.98. The molecule has 2 N–H and O–H groups in total. The molecule has 1 amide bonds. The Morgan fingerprint density at radius 3 is 2.80 bits per heavy atom. The summed E-state index contributed by atoms with van der Waals surface area (Å²) in [7, 11) is 0. The van der Waals surface area contributed by atoms with Gasteiger partial charge in [0.25, 0.3) is 0 Å². The molecule has 1 aliphatic rings. The highest BCUT2D eigenvalue weighted by atomic mass is 35.5. The maximum atomic E-state index is 12.4. The highest BCUT2D eigenvalue weighted by Crippen LogP contribution is 2.48. The third-order valence-corrected chi connectivity index (χ3v) is 4.79. The van der Waals surface area contributed by atoms with E-state index in [1.54, 1.807) is 18.7 Å². The molecule has 5 heteroatoms. The van der Waals surface area contributed by atoms with Crippen LogP contribution in [0.5, 0.6) is 0 Å². The van der Waals surface area contributed by atoms with Crippen molar-refractivity contribution in [2.45, 2.75) is 30.8 Å². The lowest BCUT2D eigenvalue weighted by atomic mass is 9.94. The second-order valence-electron chi connectivity index (χ2n) is 5.71. The van der Waals surface area contributed by atoms with Gasteiger partial charge in [-0.05, 0) is 43.7 Å². The van der Waals surface area contributed by atoms with E-state index in [0.29, 0.717) is 10.8 Å².